The third kappa shape index (κ3) is 3.69. The van der Waals surface area contributed by atoms with E-state index in [0.29, 0.717) is 23.0 Å². The first kappa shape index (κ1) is 17.8. The SMILES string of the molecule is c1ccc(-c2ccnc(-c3cccc(-c4nccc(-c5ccccc5)n4)n3)n2)cc1. The van der Waals surface area contributed by atoms with E-state index in [9.17, 15) is 0 Å². The van der Waals surface area contributed by atoms with Crippen molar-refractivity contribution in [1.82, 2.24) is 24.9 Å². The van der Waals surface area contributed by atoms with Crippen molar-refractivity contribution in [2.45, 2.75) is 0 Å². The molecule has 5 nitrogen and oxygen atoms in total. The second-order valence-corrected chi connectivity index (χ2v) is 6.67. The molecule has 0 aliphatic heterocycles. The van der Waals surface area contributed by atoms with E-state index in [-0.39, 0.29) is 0 Å². The van der Waals surface area contributed by atoms with Crippen LogP contribution >= 0.6 is 0 Å². The van der Waals surface area contributed by atoms with E-state index in [2.05, 4.69) is 9.97 Å². The lowest BCUT2D eigenvalue weighted by Gasteiger charge is -2.06. The van der Waals surface area contributed by atoms with E-state index < -0.39 is 0 Å². The van der Waals surface area contributed by atoms with Gasteiger partial charge in [0.2, 0.25) is 0 Å². The normalized spacial score (nSPS) is 10.7. The molecule has 0 bridgehead atoms. The highest BCUT2D eigenvalue weighted by Crippen LogP contribution is 2.23. The molecular formula is C25H17N5. The van der Waals surface area contributed by atoms with Crippen LogP contribution in [0, 0.1) is 0 Å². The first-order chi connectivity index (χ1) is 14.9. The highest BCUT2D eigenvalue weighted by Gasteiger charge is 2.10. The zero-order valence-corrected chi connectivity index (χ0v) is 16.1. The summed E-state index contributed by atoms with van der Waals surface area (Å²) in [6.07, 6.45) is 3.51. The molecule has 5 rings (SSSR count). The molecule has 0 saturated heterocycles. The second kappa shape index (κ2) is 8.01. The molecule has 3 aromatic heterocycles. The average molecular weight is 387 g/mol. The number of benzene rings is 2. The third-order valence-corrected chi connectivity index (χ3v) is 4.66. The van der Waals surface area contributed by atoms with E-state index in [1.165, 1.54) is 0 Å². The van der Waals surface area contributed by atoms with Gasteiger partial charge in [-0.2, -0.15) is 0 Å². The number of rotatable bonds is 4. The summed E-state index contributed by atoms with van der Waals surface area (Å²) in [4.78, 5) is 23.0. The number of hydrogen-bond acceptors (Lipinski definition) is 5. The largest absolute Gasteiger partial charge is 0.241 e. The minimum Gasteiger partial charge on any atom is -0.241 e. The van der Waals surface area contributed by atoms with Gasteiger partial charge >= 0.3 is 0 Å². The summed E-state index contributed by atoms with van der Waals surface area (Å²) in [6.45, 7) is 0. The zero-order chi connectivity index (χ0) is 20.2. The molecule has 30 heavy (non-hydrogen) atoms. The van der Waals surface area contributed by atoms with E-state index in [4.69, 9.17) is 15.0 Å². The predicted octanol–water partition coefficient (Wildman–Crippen LogP) is 5.33. The molecule has 3 heterocycles. The van der Waals surface area contributed by atoms with Crippen LogP contribution in [0.1, 0.15) is 0 Å². The van der Waals surface area contributed by atoms with Crippen LogP contribution in [-0.2, 0) is 0 Å². The van der Waals surface area contributed by atoms with Gasteiger partial charge in [-0.3, -0.25) is 0 Å². The van der Waals surface area contributed by atoms with Gasteiger partial charge in [-0.1, -0.05) is 66.7 Å². The first-order valence-corrected chi connectivity index (χ1v) is 9.61. The Kier molecular flexibility index (Phi) is 4.76. The number of hydrogen-bond donors (Lipinski definition) is 0. The minimum absolute atomic E-state index is 0.567. The van der Waals surface area contributed by atoms with Crippen LogP contribution in [0.5, 0.6) is 0 Å². The van der Waals surface area contributed by atoms with Crippen LogP contribution in [0.25, 0.3) is 45.6 Å². The maximum absolute atomic E-state index is 4.73. The van der Waals surface area contributed by atoms with Crippen molar-refractivity contribution < 1.29 is 0 Å². The van der Waals surface area contributed by atoms with Gasteiger partial charge in [-0.15, -0.1) is 0 Å². The maximum Gasteiger partial charge on any atom is 0.178 e. The van der Waals surface area contributed by atoms with Gasteiger partial charge in [-0.05, 0) is 24.3 Å². The van der Waals surface area contributed by atoms with Gasteiger partial charge in [0.05, 0.1) is 11.4 Å². The van der Waals surface area contributed by atoms with Crippen LogP contribution in [-0.4, -0.2) is 24.9 Å². The summed E-state index contributed by atoms with van der Waals surface area (Å²) in [6, 6.07) is 29.6. The highest BCUT2D eigenvalue weighted by atomic mass is 14.9. The fraction of sp³-hybridized carbons (Fsp3) is 0. The molecule has 0 unspecified atom stereocenters. The van der Waals surface area contributed by atoms with Crippen molar-refractivity contribution in [3.63, 3.8) is 0 Å². The van der Waals surface area contributed by atoms with Crippen molar-refractivity contribution in [2.24, 2.45) is 0 Å². The topological polar surface area (TPSA) is 64.5 Å². The van der Waals surface area contributed by atoms with Gasteiger partial charge in [0.15, 0.2) is 11.6 Å². The predicted molar refractivity (Wildman–Crippen MR) is 117 cm³/mol. The molecule has 142 valence electrons. The summed E-state index contributed by atoms with van der Waals surface area (Å²) < 4.78 is 0. The number of aromatic nitrogens is 5. The Bertz CT molecular complexity index is 1190. The number of pyridine rings is 1. The molecule has 0 spiro atoms. The van der Waals surface area contributed by atoms with Crippen LogP contribution < -0.4 is 0 Å². The van der Waals surface area contributed by atoms with E-state index >= 15 is 0 Å². The molecule has 2 aromatic carbocycles. The molecule has 5 heteroatoms. The smallest absolute Gasteiger partial charge is 0.178 e. The van der Waals surface area contributed by atoms with E-state index in [1.54, 1.807) is 12.4 Å². The quantitative estimate of drug-likeness (QED) is 0.417. The van der Waals surface area contributed by atoms with E-state index in [0.717, 1.165) is 22.5 Å². The molecular weight excluding hydrogens is 370 g/mol. The lowest BCUT2D eigenvalue weighted by molar-refractivity contribution is 1.11. The Morgan fingerprint density at radius 1 is 0.367 bits per heavy atom. The minimum atomic E-state index is 0.567. The second-order valence-electron chi connectivity index (χ2n) is 6.67. The standard InChI is InChI=1S/C25H17N5/c1-3-8-18(9-4-1)20-14-16-26-24(29-20)22-12-7-13-23(28-22)25-27-17-15-21(30-25)19-10-5-2-6-11-19/h1-17H. The Morgan fingerprint density at radius 3 is 1.30 bits per heavy atom. The fourth-order valence-corrected chi connectivity index (χ4v) is 3.19. The summed E-state index contributed by atoms with van der Waals surface area (Å²) in [5.74, 6) is 1.13. The van der Waals surface area contributed by atoms with Crippen molar-refractivity contribution in [2.75, 3.05) is 0 Å². The molecule has 0 amide bonds. The van der Waals surface area contributed by atoms with Gasteiger partial charge in [0.1, 0.15) is 11.4 Å². The summed E-state index contributed by atoms with van der Waals surface area (Å²) in [7, 11) is 0. The van der Waals surface area contributed by atoms with Crippen molar-refractivity contribution in [1.29, 1.82) is 0 Å². The molecule has 0 fully saturated rings. The third-order valence-electron chi connectivity index (χ3n) is 4.66. The summed E-state index contributed by atoms with van der Waals surface area (Å²) >= 11 is 0. The Hall–Kier alpha value is -4.25. The Morgan fingerprint density at radius 2 is 0.833 bits per heavy atom. The lowest BCUT2D eigenvalue weighted by Crippen LogP contribution is -1.97. The van der Waals surface area contributed by atoms with Crippen LogP contribution in [0.3, 0.4) is 0 Å². The molecule has 0 aliphatic carbocycles. The Balaban J connectivity index is 1.52. The van der Waals surface area contributed by atoms with Crippen molar-refractivity contribution in [3.8, 4) is 45.6 Å². The molecule has 0 atom stereocenters. The van der Waals surface area contributed by atoms with Gasteiger partial charge < -0.3 is 0 Å². The van der Waals surface area contributed by atoms with E-state index in [1.807, 2.05) is 91.0 Å². The molecule has 0 radical (unpaired) electrons. The van der Waals surface area contributed by atoms with Crippen molar-refractivity contribution >= 4 is 0 Å². The van der Waals surface area contributed by atoms with Gasteiger partial charge in [0.25, 0.3) is 0 Å². The average Bonchev–Trinajstić information content (AvgIpc) is 2.85. The lowest BCUT2D eigenvalue weighted by atomic mass is 10.1. The van der Waals surface area contributed by atoms with Crippen LogP contribution in [0.2, 0.25) is 0 Å². The molecule has 0 N–H and O–H groups in total. The molecule has 0 saturated carbocycles. The van der Waals surface area contributed by atoms with Crippen LogP contribution in [0.4, 0.5) is 0 Å². The van der Waals surface area contributed by atoms with Crippen molar-refractivity contribution in [3.05, 3.63) is 103 Å². The summed E-state index contributed by atoms with van der Waals surface area (Å²) in [5, 5.41) is 0. The highest BCUT2D eigenvalue weighted by molar-refractivity contribution is 5.65. The number of nitrogens with zero attached hydrogens (tertiary/aromatic N) is 5. The van der Waals surface area contributed by atoms with Crippen LogP contribution in [0.15, 0.2) is 103 Å². The van der Waals surface area contributed by atoms with Gasteiger partial charge in [0, 0.05) is 23.5 Å². The Labute approximate surface area is 174 Å². The first-order valence-electron chi connectivity index (χ1n) is 9.61. The monoisotopic (exact) mass is 387 g/mol. The molecule has 0 aliphatic rings. The summed E-state index contributed by atoms with van der Waals surface area (Å²) in [5.41, 5.74) is 5.15. The molecule has 5 aromatic rings. The zero-order valence-electron chi connectivity index (χ0n) is 16.1. The fourth-order valence-electron chi connectivity index (χ4n) is 3.19. The maximum atomic E-state index is 4.73. The van der Waals surface area contributed by atoms with Gasteiger partial charge in [-0.25, -0.2) is 24.9 Å².